The van der Waals surface area contributed by atoms with Crippen molar-refractivity contribution in [1.82, 2.24) is 9.80 Å². The van der Waals surface area contributed by atoms with E-state index in [4.69, 9.17) is 17.0 Å². The van der Waals surface area contributed by atoms with Gasteiger partial charge in [-0.3, -0.25) is 14.5 Å². The van der Waals surface area contributed by atoms with Crippen molar-refractivity contribution in [3.63, 3.8) is 0 Å². The molecule has 1 aliphatic heterocycles. The summed E-state index contributed by atoms with van der Waals surface area (Å²) in [4.78, 5) is 29.9. The summed E-state index contributed by atoms with van der Waals surface area (Å²) in [5, 5.41) is 0. The molecule has 0 N–H and O–H groups in total. The van der Waals surface area contributed by atoms with E-state index in [9.17, 15) is 9.59 Å². The van der Waals surface area contributed by atoms with Crippen LogP contribution < -0.4 is 4.74 Å². The number of hydrogen-bond acceptors (Lipinski definition) is 5. The Balaban J connectivity index is 1.73. The quantitative estimate of drug-likeness (QED) is 0.417. The van der Waals surface area contributed by atoms with Crippen molar-refractivity contribution < 1.29 is 14.3 Å². The highest BCUT2D eigenvalue weighted by atomic mass is 32.2. The van der Waals surface area contributed by atoms with Crippen LogP contribution in [0.4, 0.5) is 0 Å². The number of rotatable bonds is 7. The molecule has 0 atom stereocenters. The maximum Gasteiger partial charge on any atom is 0.266 e. The van der Waals surface area contributed by atoms with E-state index >= 15 is 0 Å². The molecular formula is C25H28N2O3S2. The Morgan fingerprint density at radius 1 is 1.12 bits per heavy atom. The first-order valence-electron chi connectivity index (χ1n) is 10.5. The third-order valence-electron chi connectivity index (χ3n) is 4.95. The summed E-state index contributed by atoms with van der Waals surface area (Å²) in [6.45, 7) is 8.90. The summed E-state index contributed by atoms with van der Waals surface area (Å²) in [5.41, 5.74) is 1.52. The smallest absolute Gasteiger partial charge is 0.266 e. The number of thioether (sulfide) groups is 1. The second-order valence-corrected chi connectivity index (χ2v) is 10.1. The van der Waals surface area contributed by atoms with Crippen molar-refractivity contribution in [1.29, 1.82) is 0 Å². The first-order chi connectivity index (χ1) is 15.2. The molecule has 1 saturated heterocycles. The molecule has 0 unspecified atom stereocenters. The van der Waals surface area contributed by atoms with Crippen LogP contribution in [0.25, 0.3) is 6.08 Å². The highest BCUT2D eigenvalue weighted by molar-refractivity contribution is 8.26. The van der Waals surface area contributed by atoms with Crippen LogP contribution in [0.2, 0.25) is 0 Å². The SMILES string of the molecule is CCOc1ccc(C=C2SC(=S)N(CC(=O)N(Cc3ccccc3)C(C)(C)C)C2=O)cc1. The van der Waals surface area contributed by atoms with Crippen LogP contribution in [0.1, 0.15) is 38.8 Å². The van der Waals surface area contributed by atoms with Gasteiger partial charge in [-0.2, -0.15) is 0 Å². The van der Waals surface area contributed by atoms with Gasteiger partial charge in [0.05, 0.1) is 11.5 Å². The van der Waals surface area contributed by atoms with Crippen LogP contribution >= 0.6 is 24.0 Å². The lowest BCUT2D eigenvalue weighted by atomic mass is 10.0. The zero-order valence-electron chi connectivity index (χ0n) is 18.8. The highest BCUT2D eigenvalue weighted by Gasteiger charge is 2.36. The molecule has 1 heterocycles. The third kappa shape index (κ3) is 5.99. The van der Waals surface area contributed by atoms with Crippen molar-refractivity contribution in [2.45, 2.75) is 39.8 Å². The van der Waals surface area contributed by atoms with E-state index in [1.54, 1.807) is 11.0 Å². The van der Waals surface area contributed by atoms with Gasteiger partial charge in [0.25, 0.3) is 5.91 Å². The molecule has 0 saturated carbocycles. The Hall–Kier alpha value is -2.64. The number of nitrogens with zero attached hydrogens (tertiary/aromatic N) is 2. The largest absolute Gasteiger partial charge is 0.494 e. The molecule has 0 aliphatic carbocycles. The molecule has 2 amide bonds. The Bertz CT molecular complexity index is 1010. The topological polar surface area (TPSA) is 49.9 Å². The molecule has 1 fully saturated rings. The predicted molar refractivity (Wildman–Crippen MR) is 134 cm³/mol. The van der Waals surface area contributed by atoms with Gasteiger partial charge in [-0.05, 0) is 57.0 Å². The van der Waals surface area contributed by atoms with E-state index in [0.717, 1.165) is 16.9 Å². The summed E-state index contributed by atoms with van der Waals surface area (Å²) in [7, 11) is 0. The second kappa shape index (κ2) is 10.3. The van der Waals surface area contributed by atoms with E-state index in [1.807, 2.05) is 82.3 Å². The number of hydrogen-bond donors (Lipinski definition) is 0. The van der Waals surface area contributed by atoms with Crippen molar-refractivity contribution in [2.24, 2.45) is 0 Å². The van der Waals surface area contributed by atoms with E-state index < -0.39 is 5.54 Å². The molecule has 5 nitrogen and oxygen atoms in total. The number of ether oxygens (including phenoxy) is 1. The molecule has 0 spiro atoms. The van der Waals surface area contributed by atoms with Crippen molar-refractivity contribution in [3.05, 3.63) is 70.6 Å². The van der Waals surface area contributed by atoms with Gasteiger partial charge >= 0.3 is 0 Å². The Kier molecular flexibility index (Phi) is 7.74. The maximum absolute atomic E-state index is 13.2. The van der Waals surface area contributed by atoms with Crippen LogP contribution in [-0.4, -0.2) is 44.6 Å². The Morgan fingerprint density at radius 2 is 1.78 bits per heavy atom. The molecule has 168 valence electrons. The van der Waals surface area contributed by atoms with Crippen LogP contribution in [0.5, 0.6) is 5.75 Å². The zero-order chi connectivity index (χ0) is 23.3. The van der Waals surface area contributed by atoms with Crippen molar-refractivity contribution >= 4 is 46.2 Å². The molecule has 2 aromatic rings. The van der Waals surface area contributed by atoms with E-state index in [-0.39, 0.29) is 18.4 Å². The fourth-order valence-electron chi connectivity index (χ4n) is 3.30. The molecule has 2 aromatic carbocycles. The molecular weight excluding hydrogens is 440 g/mol. The number of amides is 2. The first kappa shape index (κ1) is 24.0. The van der Waals surface area contributed by atoms with Crippen LogP contribution in [0.3, 0.4) is 0 Å². The zero-order valence-corrected chi connectivity index (χ0v) is 20.5. The van der Waals surface area contributed by atoms with Crippen LogP contribution in [-0.2, 0) is 16.1 Å². The van der Waals surface area contributed by atoms with Gasteiger partial charge in [0.2, 0.25) is 5.91 Å². The van der Waals surface area contributed by atoms with Crippen LogP contribution in [0.15, 0.2) is 59.5 Å². The summed E-state index contributed by atoms with van der Waals surface area (Å²) >= 11 is 6.65. The minimum atomic E-state index is -0.397. The lowest BCUT2D eigenvalue weighted by Gasteiger charge is -2.36. The Labute approximate surface area is 199 Å². The average molecular weight is 469 g/mol. The molecule has 0 bridgehead atoms. The summed E-state index contributed by atoms with van der Waals surface area (Å²) in [5.74, 6) is 0.402. The van der Waals surface area contributed by atoms with Crippen LogP contribution in [0, 0.1) is 0 Å². The van der Waals surface area contributed by atoms with Gasteiger partial charge in [-0.1, -0.05) is 66.4 Å². The molecule has 0 radical (unpaired) electrons. The second-order valence-electron chi connectivity index (χ2n) is 8.41. The highest BCUT2D eigenvalue weighted by Crippen LogP contribution is 2.33. The molecule has 3 rings (SSSR count). The summed E-state index contributed by atoms with van der Waals surface area (Å²) < 4.78 is 5.86. The number of carbonyl (C=O) groups is 2. The summed E-state index contributed by atoms with van der Waals surface area (Å²) in [6, 6.07) is 17.4. The van der Waals surface area contributed by atoms with Crippen molar-refractivity contribution in [2.75, 3.05) is 13.2 Å². The summed E-state index contributed by atoms with van der Waals surface area (Å²) in [6.07, 6.45) is 1.80. The minimum absolute atomic E-state index is 0.0740. The normalized spacial score (nSPS) is 15.4. The minimum Gasteiger partial charge on any atom is -0.494 e. The van der Waals surface area contributed by atoms with Gasteiger partial charge in [0, 0.05) is 12.1 Å². The van der Waals surface area contributed by atoms with Gasteiger partial charge < -0.3 is 9.64 Å². The first-order valence-corrected chi connectivity index (χ1v) is 11.7. The fraction of sp³-hybridized carbons (Fsp3) is 0.320. The Morgan fingerprint density at radius 3 is 2.38 bits per heavy atom. The third-order valence-corrected chi connectivity index (χ3v) is 6.33. The molecule has 32 heavy (non-hydrogen) atoms. The molecule has 7 heteroatoms. The van der Waals surface area contributed by atoms with Gasteiger partial charge in [0.1, 0.15) is 16.6 Å². The molecule has 1 aliphatic rings. The van der Waals surface area contributed by atoms with E-state index in [2.05, 4.69) is 0 Å². The lowest BCUT2D eigenvalue weighted by Crippen LogP contribution is -2.49. The predicted octanol–water partition coefficient (Wildman–Crippen LogP) is 5.11. The van der Waals surface area contributed by atoms with E-state index in [0.29, 0.717) is 22.4 Å². The standard InChI is InChI=1S/C25H28N2O3S2/c1-5-30-20-13-11-18(12-14-20)15-21-23(29)26(24(31)32-21)17-22(28)27(25(2,3)4)16-19-9-7-6-8-10-19/h6-15H,5,16-17H2,1-4H3. The van der Waals surface area contributed by atoms with Crippen molar-refractivity contribution in [3.8, 4) is 5.75 Å². The van der Waals surface area contributed by atoms with E-state index in [1.165, 1.54) is 16.7 Å². The fourth-order valence-corrected chi connectivity index (χ4v) is 4.56. The van der Waals surface area contributed by atoms with Gasteiger partial charge in [0.15, 0.2) is 0 Å². The lowest BCUT2D eigenvalue weighted by molar-refractivity contribution is -0.140. The monoisotopic (exact) mass is 468 g/mol. The maximum atomic E-state index is 13.2. The molecule has 0 aromatic heterocycles. The number of thiocarbonyl (C=S) groups is 1. The number of carbonyl (C=O) groups excluding carboxylic acids is 2. The average Bonchev–Trinajstić information content (AvgIpc) is 3.01. The van der Waals surface area contributed by atoms with Gasteiger partial charge in [-0.25, -0.2) is 0 Å². The number of benzene rings is 2. The van der Waals surface area contributed by atoms with Gasteiger partial charge in [-0.15, -0.1) is 0 Å².